The molecule has 0 saturated heterocycles. The lowest BCUT2D eigenvalue weighted by atomic mass is 9.93. The zero-order valence-electron chi connectivity index (χ0n) is 16.4. The second kappa shape index (κ2) is 8.27. The van der Waals surface area contributed by atoms with E-state index in [1.165, 1.54) is 5.56 Å². The van der Waals surface area contributed by atoms with Crippen LogP contribution in [0.1, 0.15) is 40.9 Å². The van der Waals surface area contributed by atoms with Gasteiger partial charge in [-0.15, -0.1) is 0 Å². The summed E-state index contributed by atoms with van der Waals surface area (Å²) < 4.78 is 5.30. The van der Waals surface area contributed by atoms with Crippen molar-refractivity contribution in [2.24, 2.45) is 4.99 Å². The van der Waals surface area contributed by atoms with Gasteiger partial charge in [-0.25, -0.2) is 0 Å². The van der Waals surface area contributed by atoms with E-state index in [0.29, 0.717) is 17.2 Å². The first-order chi connectivity index (χ1) is 14.0. The van der Waals surface area contributed by atoms with Crippen molar-refractivity contribution in [3.63, 3.8) is 0 Å². The first-order valence-electron chi connectivity index (χ1n) is 9.56. The molecule has 3 aromatic rings. The van der Waals surface area contributed by atoms with Gasteiger partial charge in [-0.2, -0.15) is 0 Å². The number of nitrogens with one attached hydrogen (secondary N) is 1. The van der Waals surface area contributed by atoms with Gasteiger partial charge in [0.2, 0.25) is 0 Å². The summed E-state index contributed by atoms with van der Waals surface area (Å²) in [7, 11) is 1.56. The van der Waals surface area contributed by atoms with Crippen LogP contribution in [0, 0.1) is 6.92 Å². The molecule has 5 heteroatoms. The number of aromatic hydroxyl groups is 1. The van der Waals surface area contributed by atoms with Crippen LogP contribution in [0.2, 0.25) is 5.02 Å². The van der Waals surface area contributed by atoms with E-state index in [1.54, 1.807) is 13.2 Å². The zero-order valence-corrected chi connectivity index (χ0v) is 17.1. The molecule has 2 atom stereocenters. The van der Waals surface area contributed by atoms with Crippen LogP contribution in [0.4, 0.5) is 0 Å². The summed E-state index contributed by atoms with van der Waals surface area (Å²) in [6.45, 7) is 2.07. The molecule has 0 aromatic heterocycles. The number of para-hydroxylation sites is 1. The molecule has 4 rings (SSSR count). The number of hydrogen-bond acceptors (Lipinski definition) is 4. The van der Waals surface area contributed by atoms with Gasteiger partial charge in [-0.3, -0.25) is 10.3 Å². The summed E-state index contributed by atoms with van der Waals surface area (Å²) in [6, 6.07) is 21.5. The third-order valence-corrected chi connectivity index (χ3v) is 5.49. The van der Waals surface area contributed by atoms with Crippen LogP contribution in [-0.2, 0) is 0 Å². The lowest BCUT2D eigenvalue weighted by Gasteiger charge is -2.31. The molecule has 0 unspecified atom stereocenters. The SMILES string of the molecule is COc1cccc([C@H]2CC(c3ccc(Cl)cc3)=N[C@@H](c3ccc(C)cc3)N2)c1O. The molecule has 0 saturated carbocycles. The molecular weight excluding hydrogens is 384 g/mol. The van der Waals surface area contributed by atoms with Crippen molar-refractivity contribution in [2.75, 3.05) is 7.11 Å². The number of halogens is 1. The zero-order chi connectivity index (χ0) is 20.4. The van der Waals surface area contributed by atoms with E-state index in [2.05, 4.69) is 36.5 Å². The van der Waals surface area contributed by atoms with Crippen LogP contribution in [-0.4, -0.2) is 17.9 Å². The van der Waals surface area contributed by atoms with E-state index in [4.69, 9.17) is 21.3 Å². The fraction of sp³-hybridized carbons (Fsp3) is 0.208. The van der Waals surface area contributed by atoms with Crippen LogP contribution in [0.15, 0.2) is 71.7 Å². The number of ether oxygens (including phenoxy) is 1. The van der Waals surface area contributed by atoms with Gasteiger partial charge in [-0.1, -0.05) is 65.7 Å². The first-order valence-corrected chi connectivity index (χ1v) is 9.94. The number of aliphatic imine (C=N–C) groups is 1. The molecule has 148 valence electrons. The number of methoxy groups -OCH3 is 1. The van der Waals surface area contributed by atoms with E-state index >= 15 is 0 Å². The molecule has 2 N–H and O–H groups in total. The second-order valence-electron chi connectivity index (χ2n) is 7.22. The topological polar surface area (TPSA) is 53.8 Å². The van der Waals surface area contributed by atoms with Gasteiger partial charge in [0.25, 0.3) is 0 Å². The van der Waals surface area contributed by atoms with Crippen molar-refractivity contribution in [3.8, 4) is 11.5 Å². The second-order valence-corrected chi connectivity index (χ2v) is 7.65. The Morgan fingerprint density at radius 2 is 1.76 bits per heavy atom. The number of phenols is 1. The lowest BCUT2D eigenvalue weighted by molar-refractivity contribution is 0.360. The smallest absolute Gasteiger partial charge is 0.162 e. The molecule has 1 aliphatic rings. The highest BCUT2D eigenvalue weighted by molar-refractivity contribution is 6.30. The molecule has 3 aromatic carbocycles. The predicted octanol–water partition coefficient (Wildman–Crippen LogP) is 5.59. The molecule has 0 spiro atoms. The number of rotatable bonds is 4. The van der Waals surface area contributed by atoms with E-state index < -0.39 is 0 Å². The highest BCUT2D eigenvalue weighted by Crippen LogP contribution is 2.38. The van der Waals surface area contributed by atoms with E-state index in [9.17, 15) is 5.11 Å². The molecular formula is C24H23ClN2O2. The van der Waals surface area contributed by atoms with Gasteiger partial charge in [0.15, 0.2) is 11.5 Å². The summed E-state index contributed by atoms with van der Waals surface area (Å²) in [5, 5.41) is 15.0. The Bertz CT molecular complexity index is 1030. The molecule has 4 nitrogen and oxygen atoms in total. The number of hydrogen-bond donors (Lipinski definition) is 2. The minimum Gasteiger partial charge on any atom is -0.504 e. The number of nitrogens with zero attached hydrogens (tertiary/aromatic N) is 1. The Balaban J connectivity index is 1.76. The van der Waals surface area contributed by atoms with Crippen molar-refractivity contribution in [1.82, 2.24) is 5.32 Å². The molecule has 1 heterocycles. The van der Waals surface area contributed by atoms with E-state index in [-0.39, 0.29) is 18.0 Å². The highest BCUT2D eigenvalue weighted by Gasteiger charge is 2.28. The van der Waals surface area contributed by atoms with Crippen LogP contribution in [0.25, 0.3) is 0 Å². The average Bonchev–Trinajstić information content (AvgIpc) is 2.74. The Labute approximate surface area is 175 Å². The highest BCUT2D eigenvalue weighted by atomic mass is 35.5. The van der Waals surface area contributed by atoms with Crippen LogP contribution in [0.5, 0.6) is 11.5 Å². The predicted molar refractivity (Wildman–Crippen MR) is 117 cm³/mol. The maximum Gasteiger partial charge on any atom is 0.162 e. The van der Waals surface area contributed by atoms with Crippen molar-refractivity contribution < 1.29 is 9.84 Å². The third kappa shape index (κ3) is 4.14. The number of phenolic OH excluding ortho intramolecular Hbond substituents is 1. The van der Waals surface area contributed by atoms with Crippen molar-refractivity contribution in [1.29, 1.82) is 0 Å². The number of aryl methyl sites for hydroxylation is 1. The fourth-order valence-corrected chi connectivity index (χ4v) is 3.75. The molecule has 0 amide bonds. The molecule has 0 aliphatic carbocycles. The normalized spacial score (nSPS) is 18.9. The third-order valence-electron chi connectivity index (χ3n) is 5.24. The summed E-state index contributed by atoms with van der Waals surface area (Å²) in [5.41, 5.74) is 5.07. The van der Waals surface area contributed by atoms with Crippen LogP contribution in [0.3, 0.4) is 0 Å². The largest absolute Gasteiger partial charge is 0.504 e. The van der Waals surface area contributed by atoms with Crippen LogP contribution >= 0.6 is 11.6 Å². The summed E-state index contributed by atoms with van der Waals surface area (Å²) in [4.78, 5) is 4.98. The van der Waals surface area contributed by atoms with Crippen molar-refractivity contribution >= 4 is 17.3 Å². The minimum atomic E-state index is -0.217. The Morgan fingerprint density at radius 1 is 1.03 bits per heavy atom. The quantitative estimate of drug-likeness (QED) is 0.594. The molecule has 0 bridgehead atoms. The van der Waals surface area contributed by atoms with E-state index in [0.717, 1.165) is 22.4 Å². The monoisotopic (exact) mass is 406 g/mol. The van der Waals surface area contributed by atoms with E-state index in [1.807, 2.05) is 36.4 Å². The minimum absolute atomic E-state index is 0.111. The van der Waals surface area contributed by atoms with Gasteiger partial charge in [0, 0.05) is 28.8 Å². The molecule has 29 heavy (non-hydrogen) atoms. The van der Waals surface area contributed by atoms with Gasteiger partial charge >= 0.3 is 0 Å². The summed E-state index contributed by atoms with van der Waals surface area (Å²) >= 11 is 6.07. The average molecular weight is 407 g/mol. The number of benzene rings is 3. The Kier molecular flexibility index (Phi) is 5.56. The van der Waals surface area contributed by atoms with Gasteiger partial charge < -0.3 is 9.84 Å². The van der Waals surface area contributed by atoms with Crippen molar-refractivity contribution in [2.45, 2.75) is 25.6 Å². The Hall–Kier alpha value is -2.82. The fourth-order valence-electron chi connectivity index (χ4n) is 3.63. The van der Waals surface area contributed by atoms with Gasteiger partial charge in [-0.05, 0) is 36.2 Å². The molecule has 0 radical (unpaired) electrons. The standard InChI is InChI=1S/C24H23ClN2O2/c1-15-6-8-17(9-7-15)24-26-20(16-10-12-18(25)13-11-16)14-21(27-24)19-4-3-5-22(29-2)23(19)28/h3-13,21,24,27-28H,14H2,1-2H3/t21-,24-/m1/s1. The molecule has 0 fully saturated rings. The van der Waals surface area contributed by atoms with Gasteiger partial charge in [0.1, 0.15) is 6.17 Å². The maximum absolute atomic E-state index is 10.7. The molecule has 1 aliphatic heterocycles. The lowest BCUT2D eigenvalue weighted by Crippen LogP contribution is -2.33. The summed E-state index contributed by atoms with van der Waals surface area (Å²) in [6.07, 6.45) is 0.427. The van der Waals surface area contributed by atoms with Crippen LogP contribution < -0.4 is 10.1 Å². The summed E-state index contributed by atoms with van der Waals surface area (Å²) in [5.74, 6) is 0.624. The van der Waals surface area contributed by atoms with Gasteiger partial charge in [0.05, 0.1) is 7.11 Å². The maximum atomic E-state index is 10.7. The Morgan fingerprint density at radius 3 is 2.45 bits per heavy atom. The van der Waals surface area contributed by atoms with Crippen molar-refractivity contribution in [3.05, 3.63) is 94.0 Å². The first kappa shape index (κ1) is 19.5.